The summed E-state index contributed by atoms with van der Waals surface area (Å²) in [6.45, 7) is 4.34. The van der Waals surface area contributed by atoms with Crippen LogP contribution < -0.4 is 0 Å². The summed E-state index contributed by atoms with van der Waals surface area (Å²) >= 11 is 0. The lowest BCUT2D eigenvalue weighted by Crippen LogP contribution is -2.02. The summed E-state index contributed by atoms with van der Waals surface area (Å²) in [6, 6.07) is 137. The lowest BCUT2D eigenvalue weighted by Gasteiger charge is -2.16. The molecule has 0 radical (unpaired) electrons. The van der Waals surface area contributed by atoms with Gasteiger partial charge in [-0.05, 0) is 225 Å². The largest absolute Gasteiger partial charge is 0.292 e. The smallest absolute Gasteiger partial charge is 0.164 e. The van der Waals surface area contributed by atoms with Gasteiger partial charge in [-0.15, -0.1) is 0 Å². The van der Waals surface area contributed by atoms with E-state index in [-0.39, 0.29) is 0 Å². The molecule has 10 aromatic heterocycles. The zero-order valence-electron chi connectivity index (χ0n) is 67.9. The average Bonchev–Trinajstić information content (AvgIpc) is 1.60. The van der Waals surface area contributed by atoms with E-state index in [9.17, 15) is 0 Å². The Hall–Kier alpha value is -17.2. The molecule has 0 aliphatic heterocycles. The van der Waals surface area contributed by atoms with Crippen molar-refractivity contribution in [2.75, 3.05) is 0 Å². The minimum atomic E-state index is 0.749. The Balaban J connectivity index is 0.000000114. The third kappa shape index (κ3) is 13.6. The molecule has 24 rings (SSSR count). The minimum absolute atomic E-state index is 0.749. The maximum atomic E-state index is 5.20. The highest BCUT2D eigenvalue weighted by Crippen LogP contribution is 2.42. The highest BCUT2D eigenvalue weighted by molar-refractivity contribution is 5.92. The standard InChI is InChI=1S/C42H27N9.C34H26N4.C32H22N4/c1-4-13-31(14-5-1)49-37(46-34-19-10-22-43-40(34)49)28-25-29(38-47-35-20-11-23-44-41(35)50(38)32-15-6-2-7-16-32)27-30(26-28)39-48-36-21-12-24-45-42(36)51(39)33-17-8-3-9-18-33;1-23-21-28(34-36-30-18-10-12-20-32(30)38(34)26-15-7-4-8-16-26)24(2)22-27(23)33-35-29-17-9-11-19-31(29)37(33)25-13-5-3-6-14-25;1-3-11-25(12-4-1)35-29-17-9-7-15-27(29)33-31(35)23-19-21-24(22-20-23)32-34-28-16-8-10-18-30(28)36(32)26-13-5-2-6-14-26/h1-27H;3-22H,1-2H3;1-22H. The van der Waals surface area contributed by atoms with Crippen molar-refractivity contribution in [2.24, 2.45) is 0 Å². The molecular weight excluding hydrogens is 1540 g/mol. The van der Waals surface area contributed by atoms with Crippen LogP contribution in [0.25, 0.3) is 197 Å². The van der Waals surface area contributed by atoms with Gasteiger partial charge in [0.15, 0.2) is 16.9 Å². The summed E-state index contributed by atoms with van der Waals surface area (Å²) < 4.78 is 15.3. The lowest BCUT2D eigenvalue weighted by molar-refractivity contribution is 1.06. The molecule has 0 spiro atoms. The third-order valence-corrected chi connectivity index (χ3v) is 22.8. The number of para-hydroxylation sites is 15. The van der Waals surface area contributed by atoms with E-state index >= 15 is 0 Å². The van der Waals surface area contributed by atoms with Crippen LogP contribution in [0.3, 0.4) is 0 Å². The number of benzene rings is 14. The van der Waals surface area contributed by atoms with Crippen LogP contribution in [0.15, 0.2) is 419 Å². The van der Waals surface area contributed by atoms with Gasteiger partial charge in [-0.3, -0.25) is 32.0 Å². The van der Waals surface area contributed by atoms with Gasteiger partial charge in [0.2, 0.25) is 0 Å². The molecule has 14 aromatic carbocycles. The molecular formula is C108H75N17. The molecule has 0 atom stereocenters. The predicted molar refractivity (Wildman–Crippen MR) is 503 cm³/mol. The van der Waals surface area contributed by atoms with Crippen molar-refractivity contribution in [3.05, 3.63) is 430 Å². The van der Waals surface area contributed by atoms with Crippen LogP contribution in [0.5, 0.6) is 0 Å². The number of imidazole rings is 7. The Kier molecular flexibility index (Phi) is 18.9. The summed E-state index contributed by atoms with van der Waals surface area (Å²) in [5, 5.41) is 0. The van der Waals surface area contributed by atoms with Crippen LogP contribution in [0.2, 0.25) is 0 Å². The molecule has 0 amide bonds. The van der Waals surface area contributed by atoms with Gasteiger partial charge >= 0.3 is 0 Å². The monoisotopic (exact) mass is 1610 g/mol. The summed E-state index contributed by atoms with van der Waals surface area (Å²) in [5.74, 6) is 5.98. The zero-order chi connectivity index (χ0) is 83.3. The highest BCUT2D eigenvalue weighted by Gasteiger charge is 2.27. The van der Waals surface area contributed by atoms with Gasteiger partial charge < -0.3 is 0 Å². The van der Waals surface area contributed by atoms with E-state index < -0.39 is 0 Å². The van der Waals surface area contributed by atoms with Gasteiger partial charge in [0.25, 0.3) is 0 Å². The second-order valence-corrected chi connectivity index (χ2v) is 30.6. The average molecular weight is 1610 g/mol. The van der Waals surface area contributed by atoms with Gasteiger partial charge in [-0.25, -0.2) is 49.8 Å². The first kappa shape index (κ1) is 74.1. The quantitative estimate of drug-likeness (QED) is 0.102. The zero-order valence-corrected chi connectivity index (χ0v) is 67.9. The molecule has 0 aliphatic carbocycles. The Labute approximate surface area is 718 Å². The molecule has 17 nitrogen and oxygen atoms in total. The van der Waals surface area contributed by atoms with Crippen molar-refractivity contribution in [3.63, 3.8) is 0 Å². The van der Waals surface area contributed by atoms with Gasteiger partial charge in [0, 0.05) is 97.3 Å². The van der Waals surface area contributed by atoms with Crippen molar-refractivity contribution < 1.29 is 0 Å². The summed E-state index contributed by atoms with van der Waals surface area (Å²) in [6.07, 6.45) is 5.42. The van der Waals surface area contributed by atoms with Crippen molar-refractivity contribution >= 4 is 77.6 Å². The van der Waals surface area contributed by atoms with Crippen molar-refractivity contribution in [1.82, 2.24) is 81.8 Å². The molecule has 0 saturated heterocycles. The summed E-state index contributed by atoms with van der Waals surface area (Å²) in [7, 11) is 0. The van der Waals surface area contributed by atoms with E-state index in [2.05, 4.69) is 307 Å². The topological polar surface area (TPSA) is 163 Å². The van der Waals surface area contributed by atoms with E-state index in [4.69, 9.17) is 49.8 Å². The molecule has 0 aliphatic rings. The number of fused-ring (bicyclic) bond motifs is 7. The Morgan fingerprint density at radius 2 is 0.368 bits per heavy atom. The minimum Gasteiger partial charge on any atom is -0.292 e. The van der Waals surface area contributed by atoms with Crippen LogP contribution in [0.1, 0.15) is 11.1 Å². The van der Waals surface area contributed by atoms with Gasteiger partial charge in [0.05, 0.1) is 44.1 Å². The first-order valence-electron chi connectivity index (χ1n) is 41.5. The predicted octanol–water partition coefficient (Wildman–Crippen LogP) is 24.9. The molecule has 24 aromatic rings. The molecule has 0 bridgehead atoms. The number of nitrogens with zero attached hydrogens (tertiary/aromatic N) is 17. The lowest BCUT2D eigenvalue weighted by atomic mass is 9.98. The maximum absolute atomic E-state index is 5.20. The van der Waals surface area contributed by atoms with E-state index in [0.29, 0.717) is 0 Å². The van der Waals surface area contributed by atoms with E-state index in [1.165, 1.54) is 0 Å². The molecule has 17 heteroatoms. The summed E-state index contributed by atoms with van der Waals surface area (Å²) in [4.78, 5) is 50.2. The highest BCUT2D eigenvalue weighted by atomic mass is 15.2. The van der Waals surface area contributed by atoms with Gasteiger partial charge in [0.1, 0.15) is 57.3 Å². The van der Waals surface area contributed by atoms with Gasteiger partial charge in [-0.1, -0.05) is 200 Å². The van der Waals surface area contributed by atoms with E-state index in [1.54, 1.807) is 18.6 Å². The number of rotatable bonds is 14. The van der Waals surface area contributed by atoms with Crippen LogP contribution in [0.4, 0.5) is 0 Å². The molecule has 0 saturated carbocycles. The number of hydrogen-bond acceptors (Lipinski definition) is 10. The molecule has 0 N–H and O–H groups in total. The number of hydrogen-bond donors (Lipinski definition) is 0. The first-order chi connectivity index (χ1) is 61.8. The normalized spacial score (nSPS) is 11.4. The number of aromatic nitrogens is 17. The number of aryl methyl sites for hydroxylation is 2. The second-order valence-electron chi connectivity index (χ2n) is 30.6. The Morgan fingerprint density at radius 1 is 0.168 bits per heavy atom. The third-order valence-electron chi connectivity index (χ3n) is 22.8. The van der Waals surface area contributed by atoms with Crippen LogP contribution in [-0.4, -0.2) is 81.8 Å². The number of pyridine rings is 3. The fourth-order valence-electron chi connectivity index (χ4n) is 17.1. The summed E-state index contributed by atoms with van der Waals surface area (Å²) in [5.41, 5.74) is 29.6. The molecule has 592 valence electrons. The van der Waals surface area contributed by atoms with E-state index in [0.717, 1.165) is 208 Å². The maximum Gasteiger partial charge on any atom is 0.164 e. The fourth-order valence-corrected chi connectivity index (χ4v) is 17.1. The fraction of sp³-hybridized carbons (Fsp3) is 0.0185. The van der Waals surface area contributed by atoms with Gasteiger partial charge in [-0.2, -0.15) is 0 Å². The first-order valence-corrected chi connectivity index (χ1v) is 41.5. The molecule has 0 fully saturated rings. The molecule has 10 heterocycles. The van der Waals surface area contributed by atoms with Crippen molar-refractivity contribution in [2.45, 2.75) is 13.8 Å². The van der Waals surface area contributed by atoms with E-state index in [1.807, 2.05) is 140 Å². The second kappa shape index (κ2) is 31.8. The Morgan fingerprint density at radius 3 is 0.632 bits per heavy atom. The van der Waals surface area contributed by atoms with Crippen LogP contribution in [0, 0.1) is 13.8 Å². The van der Waals surface area contributed by atoms with Crippen molar-refractivity contribution in [1.29, 1.82) is 0 Å². The molecule has 0 unspecified atom stereocenters. The van der Waals surface area contributed by atoms with Crippen LogP contribution in [-0.2, 0) is 0 Å². The van der Waals surface area contributed by atoms with Crippen LogP contribution >= 0.6 is 0 Å². The SMILES string of the molecule is Cc1cc(-c2nc3ccccc3n2-c2ccccc2)c(C)cc1-c1nc2ccccc2n1-c1ccccc1.c1ccc(-n2c(-c3cc(-c4nc5cccnc5n4-c4ccccc4)cc(-c4nc5cccnc5n4-c4ccccc4)c3)nc3cccnc32)cc1.c1ccc(-n2c(-c3ccc(-c4nc5ccccc5n4-c4ccccc4)cc3)nc3ccccc32)cc1. The van der Waals surface area contributed by atoms with Crippen molar-refractivity contribution in [3.8, 4) is 120 Å². The Bertz CT molecular complexity index is 7490. The molecule has 125 heavy (non-hydrogen) atoms.